The maximum Gasteiger partial charge on any atom is 0.337 e. The van der Waals surface area contributed by atoms with E-state index in [1.165, 1.54) is 12.1 Å². The minimum Gasteiger partial charge on any atom is -0.508 e. The summed E-state index contributed by atoms with van der Waals surface area (Å²) in [6, 6.07) is 2.97. The smallest absolute Gasteiger partial charge is 0.337 e. The molecule has 0 radical (unpaired) electrons. The minimum atomic E-state index is -1.26. The second-order valence-electron chi connectivity index (χ2n) is 4.18. The summed E-state index contributed by atoms with van der Waals surface area (Å²) in [5.74, 6) is -2.14. The van der Waals surface area contributed by atoms with Gasteiger partial charge in [0.2, 0.25) is 11.8 Å². The van der Waals surface area contributed by atoms with Gasteiger partial charge >= 0.3 is 5.97 Å². The molecule has 7 nitrogen and oxygen atoms in total. The summed E-state index contributed by atoms with van der Waals surface area (Å²) in [6.45, 7) is 0. The summed E-state index contributed by atoms with van der Waals surface area (Å²) in [5, 5.41) is 23.1. The number of carboxylic acids is 1. The van der Waals surface area contributed by atoms with Crippen molar-refractivity contribution >= 4 is 23.5 Å². The molecule has 0 saturated carbocycles. The molecule has 19 heavy (non-hydrogen) atoms. The Kier molecular flexibility index (Phi) is 3.37. The molecule has 0 unspecified atom stereocenters. The number of phenols is 1. The third-order valence-electron chi connectivity index (χ3n) is 2.80. The number of carboxylic acid groups (broad SMARTS) is 1. The third kappa shape index (κ3) is 2.82. The van der Waals surface area contributed by atoms with Gasteiger partial charge in [0.15, 0.2) is 0 Å². The summed E-state index contributed by atoms with van der Waals surface area (Å²) >= 11 is 0. The number of carbonyl (C=O) groups excluding carboxylic acids is 2. The lowest BCUT2D eigenvalue weighted by Gasteiger charge is -2.12. The van der Waals surface area contributed by atoms with Crippen molar-refractivity contribution in [3.8, 4) is 5.75 Å². The SMILES string of the molecule is O=C1CC[C@H](C(=O)Nc2ccc(O)cc2C(=O)O)N1. The standard InChI is InChI=1S/C12H12N2O5/c15-6-1-2-8(7(5-6)12(18)19)14-11(17)9-3-4-10(16)13-9/h1-2,5,9,15H,3-4H2,(H,13,16)(H,14,17)(H,18,19)/t9-/m1/s1. The Morgan fingerprint density at radius 1 is 1.37 bits per heavy atom. The van der Waals surface area contributed by atoms with E-state index < -0.39 is 17.9 Å². The van der Waals surface area contributed by atoms with Crippen molar-refractivity contribution in [1.29, 1.82) is 0 Å². The van der Waals surface area contributed by atoms with Gasteiger partial charge in [0.25, 0.3) is 0 Å². The van der Waals surface area contributed by atoms with E-state index in [0.717, 1.165) is 6.07 Å². The zero-order valence-corrected chi connectivity index (χ0v) is 9.84. The van der Waals surface area contributed by atoms with E-state index in [1.54, 1.807) is 0 Å². The first-order chi connectivity index (χ1) is 8.97. The largest absolute Gasteiger partial charge is 0.508 e. The van der Waals surface area contributed by atoms with Gasteiger partial charge in [0, 0.05) is 6.42 Å². The molecular weight excluding hydrogens is 252 g/mol. The van der Waals surface area contributed by atoms with Crippen molar-refractivity contribution in [2.45, 2.75) is 18.9 Å². The number of benzene rings is 1. The van der Waals surface area contributed by atoms with Crippen LogP contribution in [-0.2, 0) is 9.59 Å². The second kappa shape index (κ2) is 4.97. The van der Waals surface area contributed by atoms with E-state index in [0.29, 0.717) is 6.42 Å². The van der Waals surface area contributed by atoms with Crippen molar-refractivity contribution in [1.82, 2.24) is 5.32 Å². The van der Waals surface area contributed by atoms with E-state index >= 15 is 0 Å². The molecule has 1 heterocycles. The van der Waals surface area contributed by atoms with Crippen LogP contribution < -0.4 is 10.6 Å². The first-order valence-corrected chi connectivity index (χ1v) is 5.64. The van der Waals surface area contributed by atoms with Crippen molar-refractivity contribution < 1.29 is 24.6 Å². The van der Waals surface area contributed by atoms with Gasteiger partial charge in [-0.25, -0.2) is 4.79 Å². The molecule has 4 N–H and O–H groups in total. The Balaban J connectivity index is 2.17. The number of amides is 2. The molecule has 1 fully saturated rings. The quantitative estimate of drug-likeness (QED) is 0.586. The molecule has 1 aliphatic heterocycles. The normalized spacial score (nSPS) is 17.9. The van der Waals surface area contributed by atoms with Gasteiger partial charge in [-0.2, -0.15) is 0 Å². The van der Waals surface area contributed by atoms with E-state index in [1.807, 2.05) is 0 Å². The van der Waals surface area contributed by atoms with Crippen LogP contribution >= 0.6 is 0 Å². The molecule has 1 atom stereocenters. The second-order valence-corrected chi connectivity index (χ2v) is 4.18. The molecule has 2 amide bonds. The van der Waals surface area contributed by atoms with Crippen molar-refractivity contribution in [3.63, 3.8) is 0 Å². The van der Waals surface area contributed by atoms with Crippen LogP contribution in [0.15, 0.2) is 18.2 Å². The topological polar surface area (TPSA) is 116 Å². The Bertz CT molecular complexity index is 555. The number of aromatic carboxylic acids is 1. The van der Waals surface area contributed by atoms with Gasteiger partial charge in [-0.3, -0.25) is 9.59 Å². The number of aromatic hydroxyl groups is 1. The van der Waals surface area contributed by atoms with Crippen LogP contribution in [0.1, 0.15) is 23.2 Å². The maximum absolute atomic E-state index is 11.8. The highest BCUT2D eigenvalue weighted by Gasteiger charge is 2.27. The fraction of sp³-hybridized carbons (Fsp3) is 0.250. The highest BCUT2D eigenvalue weighted by Crippen LogP contribution is 2.22. The van der Waals surface area contributed by atoms with Crippen LogP contribution in [-0.4, -0.2) is 34.0 Å². The molecule has 0 aromatic heterocycles. The number of carbonyl (C=O) groups is 3. The van der Waals surface area contributed by atoms with Crippen LogP contribution in [0.3, 0.4) is 0 Å². The fourth-order valence-electron chi connectivity index (χ4n) is 1.85. The molecule has 1 aromatic carbocycles. The van der Waals surface area contributed by atoms with Crippen LogP contribution in [0.2, 0.25) is 0 Å². The maximum atomic E-state index is 11.8. The van der Waals surface area contributed by atoms with Crippen molar-refractivity contribution in [2.75, 3.05) is 5.32 Å². The lowest BCUT2D eigenvalue weighted by Crippen LogP contribution is -2.37. The summed E-state index contributed by atoms with van der Waals surface area (Å²) in [6.07, 6.45) is 0.657. The first kappa shape index (κ1) is 12.9. The van der Waals surface area contributed by atoms with Crippen LogP contribution in [0.4, 0.5) is 5.69 Å². The zero-order valence-electron chi connectivity index (χ0n) is 9.84. The van der Waals surface area contributed by atoms with Gasteiger partial charge in [-0.15, -0.1) is 0 Å². The number of nitrogens with one attached hydrogen (secondary N) is 2. The lowest BCUT2D eigenvalue weighted by molar-refractivity contribution is -0.122. The lowest BCUT2D eigenvalue weighted by atomic mass is 10.1. The molecular formula is C12H12N2O5. The molecule has 1 aliphatic rings. The number of hydrogen-bond acceptors (Lipinski definition) is 4. The van der Waals surface area contributed by atoms with Gasteiger partial charge in [-0.05, 0) is 24.6 Å². The summed E-state index contributed by atoms with van der Waals surface area (Å²) in [4.78, 5) is 33.8. The van der Waals surface area contributed by atoms with E-state index in [9.17, 15) is 19.5 Å². The summed E-state index contributed by atoms with van der Waals surface area (Å²) in [5.41, 5.74) is -0.130. The van der Waals surface area contributed by atoms with Gasteiger partial charge in [-0.1, -0.05) is 0 Å². The van der Waals surface area contributed by atoms with Crippen LogP contribution in [0, 0.1) is 0 Å². The van der Waals surface area contributed by atoms with Crippen LogP contribution in [0.25, 0.3) is 0 Å². The Labute approximate surface area is 108 Å². The van der Waals surface area contributed by atoms with E-state index in [-0.39, 0.29) is 29.3 Å². The number of phenolic OH excluding ortho intramolecular Hbond substituents is 1. The van der Waals surface area contributed by atoms with Crippen molar-refractivity contribution in [2.24, 2.45) is 0 Å². The monoisotopic (exact) mass is 264 g/mol. The molecule has 100 valence electrons. The molecule has 0 aliphatic carbocycles. The molecule has 0 bridgehead atoms. The molecule has 2 rings (SSSR count). The summed E-state index contributed by atoms with van der Waals surface area (Å²) < 4.78 is 0. The molecule has 1 saturated heterocycles. The Morgan fingerprint density at radius 3 is 2.68 bits per heavy atom. The Hall–Kier alpha value is -2.57. The van der Waals surface area contributed by atoms with E-state index in [2.05, 4.69) is 10.6 Å². The van der Waals surface area contributed by atoms with Gasteiger partial charge in [0.1, 0.15) is 11.8 Å². The average molecular weight is 264 g/mol. The van der Waals surface area contributed by atoms with Gasteiger partial charge in [0.05, 0.1) is 11.3 Å². The summed E-state index contributed by atoms with van der Waals surface area (Å²) in [7, 11) is 0. The van der Waals surface area contributed by atoms with Gasteiger partial charge < -0.3 is 20.8 Å². The fourth-order valence-corrected chi connectivity index (χ4v) is 1.85. The number of hydrogen-bond donors (Lipinski definition) is 4. The molecule has 0 spiro atoms. The predicted molar refractivity (Wildman–Crippen MR) is 64.9 cm³/mol. The van der Waals surface area contributed by atoms with Crippen LogP contribution in [0.5, 0.6) is 5.75 Å². The molecule has 1 aromatic rings. The molecule has 7 heteroatoms. The highest BCUT2D eigenvalue weighted by molar-refractivity contribution is 6.04. The average Bonchev–Trinajstić information content (AvgIpc) is 2.78. The number of rotatable bonds is 3. The zero-order chi connectivity index (χ0) is 14.0. The third-order valence-corrected chi connectivity index (χ3v) is 2.80. The Morgan fingerprint density at radius 2 is 2.11 bits per heavy atom. The number of anilines is 1. The minimum absolute atomic E-state index is 0.0800. The van der Waals surface area contributed by atoms with Crippen molar-refractivity contribution in [3.05, 3.63) is 23.8 Å². The predicted octanol–water partition coefficient (Wildman–Crippen LogP) is 0.308. The highest BCUT2D eigenvalue weighted by atomic mass is 16.4. The van der Waals surface area contributed by atoms with E-state index in [4.69, 9.17) is 5.11 Å². The first-order valence-electron chi connectivity index (χ1n) is 5.64.